The number of nitrogens with one attached hydrogen (secondary N) is 2. The Hall–Kier alpha value is -2.45. The molecule has 1 aromatic rings. The lowest BCUT2D eigenvalue weighted by Gasteiger charge is -2.19. The van der Waals surface area contributed by atoms with E-state index in [1.807, 2.05) is 6.92 Å². The Bertz CT molecular complexity index is 888. The van der Waals surface area contributed by atoms with E-state index < -0.39 is 23.7 Å². The van der Waals surface area contributed by atoms with Crippen LogP contribution in [0.3, 0.4) is 0 Å². The SMILES string of the molecule is C=CN=C(Cc1ccc(C(F)(F)F)cc1F)/C(CCNC)=C(\C)NCC(O)C1=CCCC1. The van der Waals surface area contributed by atoms with Gasteiger partial charge in [0.05, 0.1) is 11.7 Å². The number of nitrogens with zero attached hydrogens (tertiary/aromatic N) is 1. The molecular formula is C24H31F4N3O. The van der Waals surface area contributed by atoms with Gasteiger partial charge in [0.1, 0.15) is 5.82 Å². The van der Waals surface area contributed by atoms with Crippen LogP contribution in [0.15, 0.2) is 58.9 Å². The number of allylic oxidation sites excluding steroid dienone is 2. The molecule has 4 nitrogen and oxygen atoms in total. The Morgan fingerprint density at radius 3 is 2.66 bits per heavy atom. The summed E-state index contributed by atoms with van der Waals surface area (Å²) in [6.45, 7) is 6.42. The van der Waals surface area contributed by atoms with Crippen molar-refractivity contribution in [2.24, 2.45) is 4.99 Å². The van der Waals surface area contributed by atoms with Crippen molar-refractivity contribution in [1.82, 2.24) is 10.6 Å². The lowest BCUT2D eigenvalue weighted by atomic mass is 9.96. The van der Waals surface area contributed by atoms with Crippen molar-refractivity contribution in [1.29, 1.82) is 0 Å². The molecule has 0 amide bonds. The molecule has 2 rings (SSSR count). The molecule has 0 aromatic heterocycles. The van der Waals surface area contributed by atoms with E-state index in [1.165, 1.54) is 6.20 Å². The van der Waals surface area contributed by atoms with E-state index in [0.717, 1.165) is 48.2 Å². The van der Waals surface area contributed by atoms with E-state index in [2.05, 4.69) is 28.3 Å². The molecule has 0 spiro atoms. The van der Waals surface area contributed by atoms with Crippen molar-refractivity contribution in [2.45, 2.75) is 51.3 Å². The summed E-state index contributed by atoms with van der Waals surface area (Å²) in [5, 5.41) is 16.7. The highest BCUT2D eigenvalue weighted by atomic mass is 19.4. The fraction of sp³-hybridized carbons (Fsp3) is 0.458. The van der Waals surface area contributed by atoms with Crippen LogP contribution in [0.1, 0.15) is 43.7 Å². The van der Waals surface area contributed by atoms with Gasteiger partial charge in [0.2, 0.25) is 0 Å². The summed E-state index contributed by atoms with van der Waals surface area (Å²) >= 11 is 0. The van der Waals surface area contributed by atoms with Gasteiger partial charge in [0.15, 0.2) is 0 Å². The highest BCUT2D eigenvalue weighted by molar-refractivity contribution is 6.02. The number of aliphatic hydroxyl groups excluding tert-OH is 1. The maximum absolute atomic E-state index is 14.5. The van der Waals surface area contributed by atoms with Gasteiger partial charge in [-0.1, -0.05) is 18.7 Å². The average Bonchev–Trinajstić information content (AvgIpc) is 3.28. The van der Waals surface area contributed by atoms with E-state index in [-0.39, 0.29) is 12.0 Å². The number of halogens is 4. The number of aliphatic imine (C=N–C) groups is 1. The van der Waals surface area contributed by atoms with Crippen molar-refractivity contribution < 1.29 is 22.7 Å². The van der Waals surface area contributed by atoms with Crippen molar-refractivity contribution in [2.75, 3.05) is 20.1 Å². The highest BCUT2D eigenvalue weighted by Crippen LogP contribution is 2.30. The van der Waals surface area contributed by atoms with E-state index in [0.29, 0.717) is 31.3 Å². The first-order valence-electron chi connectivity index (χ1n) is 10.7. The number of alkyl halides is 3. The molecule has 0 bridgehead atoms. The summed E-state index contributed by atoms with van der Waals surface area (Å²) in [7, 11) is 1.80. The molecule has 3 N–H and O–H groups in total. The van der Waals surface area contributed by atoms with Crippen LogP contribution >= 0.6 is 0 Å². The average molecular weight is 454 g/mol. The molecule has 1 unspecified atom stereocenters. The number of benzene rings is 1. The summed E-state index contributed by atoms with van der Waals surface area (Å²) in [6, 6.07) is 2.53. The van der Waals surface area contributed by atoms with E-state index in [4.69, 9.17) is 0 Å². The van der Waals surface area contributed by atoms with Crippen LogP contribution in [0.2, 0.25) is 0 Å². The fourth-order valence-electron chi connectivity index (χ4n) is 3.67. The largest absolute Gasteiger partial charge is 0.416 e. The fourth-order valence-corrected chi connectivity index (χ4v) is 3.67. The van der Waals surface area contributed by atoms with Gasteiger partial charge in [0, 0.05) is 30.6 Å². The summed E-state index contributed by atoms with van der Waals surface area (Å²) in [5.74, 6) is -0.932. The van der Waals surface area contributed by atoms with Gasteiger partial charge < -0.3 is 15.7 Å². The molecule has 32 heavy (non-hydrogen) atoms. The molecule has 1 aromatic carbocycles. The molecular weight excluding hydrogens is 422 g/mol. The van der Waals surface area contributed by atoms with Gasteiger partial charge >= 0.3 is 6.18 Å². The van der Waals surface area contributed by atoms with Crippen LogP contribution in [-0.4, -0.2) is 37.1 Å². The molecule has 0 saturated heterocycles. The maximum Gasteiger partial charge on any atom is 0.416 e. The minimum Gasteiger partial charge on any atom is -0.387 e. The first-order chi connectivity index (χ1) is 15.2. The topological polar surface area (TPSA) is 56.7 Å². The molecule has 0 fully saturated rings. The molecule has 1 aliphatic carbocycles. The summed E-state index contributed by atoms with van der Waals surface area (Å²) < 4.78 is 53.1. The van der Waals surface area contributed by atoms with Gasteiger partial charge in [-0.3, -0.25) is 4.99 Å². The standard InChI is InChI=1S/C24H31F4N3O/c1-4-30-22(13-18-9-10-19(14-21(18)25)24(26,27)28)20(11-12-29-3)16(2)31-15-23(32)17-7-5-6-8-17/h4,7,9-10,14,23,29,31-32H,1,5-6,8,11-13,15H2,2-3H3/b20-16+,30-22?. The van der Waals surface area contributed by atoms with Gasteiger partial charge in [0.25, 0.3) is 0 Å². The van der Waals surface area contributed by atoms with E-state index in [9.17, 15) is 22.7 Å². The smallest absolute Gasteiger partial charge is 0.387 e. The van der Waals surface area contributed by atoms with Crippen molar-refractivity contribution in [3.63, 3.8) is 0 Å². The summed E-state index contributed by atoms with van der Waals surface area (Å²) in [5.41, 5.74) is 2.18. The normalized spacial score (nSPS) is 16.5. The predicted octanol–water partition coefficient (Wildman–Crippen LogP) is 4.92. The van der Waals surface area contributed by atoms with E-state index in [1.54, 1.807) is 7.05 Å². The zero-order chi connectivity index (χ0) is 23.7. The molecule has 0 heterocycles. The van der Waals surface area contributed by atoms with Gasteiger partial charge in [-0.15, -0.1) is 0 Å². The van der Waals surface area contributed by atoms with Crippen LogP contribution in [-0.2, 0) is 12.6 Å². The van der Waals surface area contributed by atoms with E-state index >= 15 is 0 Å². The third kappa shape index (κ3) is 7.31. The third-order valence-corrected chi connectivity index (χ3v) is 5.48. The monoisotopic (exact) mass is 453 g/mol. The molecule has 8 heteroatoms. The van der Waals surface area contributed by atoms with Gasteiger partial charge in [-0.05, 0) is 75.0 Å². The first kappa shape index (κ1) is 25.8. The maximum atomic E-state index is 14.5. The second kappa shape index (κ2) is 12.0. The Labute approximate surface area is 186 Å². The molecule has 1 atom stereocenters. The van der Waals surface area contributed by atoms with Crippen molar-refractivity contribution in [3.8, 4) is 0 Å². The first-order valence-corrected chi connectivity index (χ1v) is 10.7. The molecule has 176 valence electrons. The van der Waals surface area contributed by atoms with Crippen LogP contribution in [0.5, 0.6) is 0 Å². The Kier molecular flexibility index (Phi) is 9.65. The minimum atomic E-state index is -4.61. The number of rotatable bonds is 11. The molecule has 1 aliphatic rings. The van der Waals surface area contributed by atoms with Crippen LogP contribution in [0.4, 0.5) is 17.6 Å². The molecule has 0 radical (unpaired) electrons. The summed E-state index contributed by atoms with van der Waals surface area (Å²) in [4.78, 5) is 4.30. The molecule has 0 aliphatic heterocycles. The lowest BCUT2D eigenvalue weighted by Crippen LogP contribution is -2.29. The number of hydrogen-bond donors (Lipinski definition) is 3. The van der Waals surface area contributed by atoms with Gasteiger partial charge in [-0.2, -0.15) is 13.2 Å². The Balaban J connectivity index is 2.27. The zero-order valence-corrected chi connectivity index (χ0v) is 18.5. The second-order valence-electron chi connectivity index (χ2n) is 7.76. The van der Waals surface area contributed by atoms with Crippen molar-refractivity contribution >= 4 is 5.71 Å². The van der Waals surface area contributed by atoms with Crippen LogP contribution in [0.25, 0.3) is 0 Å². The number of hydrogen-bond acceptors (Lipinski definition) is 4. The van der Waals surface area contributed by atoms with Crippen molar-refractivity contribution in [3.05, 3.63) is 70.8 Å². The Morgan fingerprint density at radius 1 is 1.34 bits per heavy atom. The van der Waals surface area contributed by atoms with Crippen LogP contribution in [0, 0.1) is 5.82 Å². The number of aliphatic hydroxyl groups is 1. The minimum absolute atomic E-state index is 0.0156. The van der Waals surface area contributed by atoms with Gasteiger partial charge in [-0.25, -0.2) is 4.39 Å². The summed E-state index contributed by atoms with van der Waals surface area (Å²) in [6.07, 6.45) is 1.68. The predicted molar refractivity (Wildman–Crippen MR) is 120 cm³/mol. The Morgan fingerprint density at radius 2 is 2.09 bits per heavy atom. The zero-order valence-electron chi connectivity index (χ0n) is 18.5. The quantitative estimate of drug-likeness (QED) is 0.253. The van der Waals surface area contributed by atoms with Crippen LogP contribution < -0.4 is 10.6 Å². The second-order valence-corrected chi connectivity index (χ2v) is 7.76. The highest BCUT2D eigenvalue weighted by Gasteiger charge is 2.31. The third-order valence-electron chi connectivity index (χ3n) is 5.48. The molecule has 0 saturated carbocycles. The lowest BCUT2D eigenvalue weighted by molar-refractivity contribution is -0.137.